The third-order valence-corrected chi connectivity index (χ3v) is 5.26. The van der Waals surface area contributed by atoms with Crippen LogP contribution in [-0.4, -0.2) is 11.9 Å². The van der Waals surface area contributed by atoms with E-state index in [1.54, 1.807) is 0 Å². The van der Waals surface area contributed by atoms with E-state index in [1.807, 2.05) is 0 Å². The van der Waals surface area contributed by atoms with Crippen LogP contribution in [0, 0.1) is 23.2 Å². The summed E-state index contributed by atoms with van der Waals surface area (Å²) >= 11 is 0. The maximum absolute atomic E-state index is 11.8. The molecule has 1 spiro atoms. The second-order valence-corrected chi connectivity index (χ2v) is 7.37. The minimum Gasteiger partial charge on any atom is -0.353 e. The van der Waals surface area contributed by atoms with Crippen LogP contribution in [0.25, 0.3) is 0 Å². The molecule has 18 heavy (non-hydrogen) atoms. The highest BCUT2D eigenvalue weighted by molar-refractivity contribution is 5.80. The predicted molar refractivity (Wildman–Crippen MR) is 75.2 cm³/mol. The van der Waals surface area contributed by atoms with Gasteiger partial charge in [0.15, 0.2) is 0 Å². The van der Waals surface area contributed by atoms with Gasteiger partial charge in [0.05, 0.1) is 0 Å². The first kappa shape index (κ1) is 13.9. The van der Waals surface area contributed by atoms with Gasteiger partial charge in [-0.15, -0.1) is 0 Å². The maximum Gasteiger partial charge on any atom is 0.220 e. The lowest BCUT2D eigenvalue weighted by molar-refractivity contribution is -0.120. The van der Waals surface area contributed by atoms with Crippen molar-refractivity contribution >= 4 is 5.91 Å². The predicted octanol–water partition coefficient (Wildman–Crippen LogP) is 3.75. The summed E-state index contributed by atoms with van der Waals surface area (Å²) in [5.74, 6) is 2.65. The maximum atomic E-state index is 11.8. The molecule has 0 bridgehead atoms. The normalized spacial score (nSPS) is 36.7. The largest absolute Gasteiger partial charge is 0.353 e. The minimum atomic E-state index is 0.295. The topological polar surface area (TPSA) is 29.1 Å². The zero-order valence-electron chi connectivity index (χ0n) is 12.5. The summed E-state index contributed by atoms with van der Waals surface area (Å²) in [6.45, 7) is 9.20. The fourth-order valence-electron chi connectivity index (χ4n) is 4.03. The van der Waals surface area contributed by atoms with Gasteiger partial charge in [-0.05, 0) is 55.3 Å². The highest BCUT2D eigenvalue weighted by atomic mass is 16.2. The Morgan fingerprint density at radius 2 is 1.83 bits per heavy atom. The van der Waals surface area contributed by atoms with Crippen LogP contribution in [0.5, 0.6) is 0 Å². The van der Waals surface area contributed by atoms with Crippen molar-refractivity contribution < 1.29 is 4.79 Å². The first-order valence-corrected chi connectivity index (χ1v) is 7.72. The molecule has 0 aromatic rings. The summed E-state index contributed by atoms with van der Waals surface area (Å²) in [7, 11) is 0. The van der Waals surface area contributed by atoms with E-state index in [1.165, 1.54) is 25.7 Å². The Morgan fingerprint density at radius 1 is 1.22 bits per heavy atom. The van der Waals surface area contributed by atoms with E-state index in [0.29, 0.717) is 23.3 Å². The van der Waals surface area contributed by atoms with Crippen molar-refractivity contribution in [3.8, 4) is 0 Å². The van der Waals surface area contributed by atoms with Crippen molar-refractivity contribution in [3.05, 3.63) is 0 Å². The van der Waals surface area contributed by atoms with Crippen LogP contribution in [0.3, 0.4) is 0 Å². The van der Waals surface area contributed by atoms with Crippen LogP contribution in [0.2, 0.25) is 0 Å². The van der Waals surface area contributed by atoms with Crippen molar-refractivity contribution in [3.63, 3.8) is 0 Å². The molecular formula is C16H29NO. The molecule has 0 aromatic heterocycles. The molecule has 1 atom stereocenters. The van der Waals surface area contributed by atoms with Crippen LogP contribution in [0.1, 0.15) is 66.2 Å². The zero-order chi connectivity index (χ0) is 13.3. The number of nitrogens with one attached hydrogen (secondary N) is 1. The molecule has 1 aliphatic carbocycles. The average Bonchev–Trinajstić information content (AvgIpc) is 2.54. The Hall–Kier alpha value is -0.530. The Morgan fingerprint density at radius 3 is 2.33 bits per heavy atom. The molecule has 0 radical (unpaired) electrons. The first-order valence-electron chi connectivity index (χ1n) is 7.72. The molecule has 2 fully saturated rings. The van der Waals surface area contributed by atoms with E-state index < -0.39 is 0 Å². The van der Waals surface area contributed by atoms with Gasteiger partial charge >= 0.3 is 0 Å². The highest BCUT2D eigenvalue weighted by Gasteiger charge is 2.48. The molecule has 2 heteroatoms. The van der Waals surface area contributed by atoms with Gasteiger partial charge in [-0.3, -0.25) is 4.79 Å². The first-order chi connectivity index (χ1) is 8.43. The minimum absolute atomic E-state index is 0.295. The van der Waals surface area contributed by atoms with Crippen molar-refractivity contribution in [2.45, 2.75) is 72.3 Å². The SMILES string of the molecule is CC(C)CC1NC(=O)CC12CCC(C(C)C)CC2. The van der Waals surface area contributed by atoms with Gasteiger partial charge in [-0.1, -0.05) is 27.7 Å². The van der Waals surface area contributed by atoms with Crippen LogP contribution < -0.4 is 5.32 Å². The Bertz CT molecular complexity index is 300. The molecule has 1 unspecified atom stereocenters. The van der Waals surface area contributed by atoms with Gasteiger partial charge in [0, 0.05) is 12.5 Å². The monoisotopic (exact) mass is 251 g/mol. The van der Waals surface area contributed by atoms with E-state index in [2.05, 4.69) is 33.0 Å². The summed E-state index contributed by atoms with van der Waals surface area (Å²) in [4.78, 5) is 11.8. The smallest absolute Gasteiger partial charge is 0.220 e. The summed E-state index contributed by atoms with van der Waals surface area (Å²) in [5, 5.41) is 3.25. The second-order valence-electron chi connectivity index (χ2n) is 7.37. The molecule has 2 rings (SSSR count). The van der Waals surface area contributed by atoms with Gasteiger partial charge in [0.1, 0.15) is 0 Å². The number of hydrogen-bond acceptors (Lipinski definition) is 1. The fraction of sp³-hybridized carbons (Fsp3) is 0.938. The molecule has 1 heterocycles. The zero-order valence-corrected chi connectivity index (χ0v) is 12.5. The molecule has 1 saturated heterocycles. The lowest BCUT2D eigenvalue weighted by atomic mass is 9.63. The van der Waals surface area contributed by atoms with Crippen molar-refractivity contribution in [2.24, 2.45) is 23.2 Å². The second kappa shape index (κ2) is 5.22. The van der Waals surface area contributed by atoms with E-state index >= 15 is 0 Å². The van der Waals surface area contributed by atoms with Gasteiger partial charge < -0.3 is 5.32 Å². The molecule has 1 N–H and O–H groups in total. The van der Waals surface area contributed by atoms with Gasteiger partial charge in [-0.2, -0.15) is 0 Å². The quantitative estimate of drug-likeness (QED) is 0.813. The third-order valence-electron chi connectivity index (χ3n) is 5.26. The van der Waals surface area contributed by atoms with Crippen LogP contribution >= 0.6 is 0 Å². The lowest BCUT2D eigenvalue weighted by Gasteiger charge is -2.42. The van der Waals surface area contributed by atoms with Gasteiger partial charge in [-0.25, -0.2) is 0 Å². The summed E-state index contributed by atoms with van der Waals surface area (Å²) in [5.41, 5.74) is 0.298. The van der Waals surface area contributed by atoms with Crippen LogP contribution in [0.4, 0.5) is 0 Å². The molecule has 104 valence electrons. The van der Waals surface area contributed by atoms with E-state index in [9.17, 15) is 4.79 Å². The number of carbonyl (C=O) groups is 1. The van der Waals surface area contributed by atoms with Crippen LogP contribution in [-0.2, 0) is 4.79 Å². The molecule has 2 nitrogen and oxygen atoms in total. The average molecular weight is 251 g/mol. The standard InChI is InChI=1S/C16H29NO/c1-11(2)9-14-16(10-15(18)17-14)7-5-13(6-8-16)12(3)4/h11-14H,5-10H2,1-4H3,(H,17,18). The van der Waals surface area contributed by atoms with Crippen LogP contribution in [0.15, 0.2) is 0 Å². The lowest BCUT2D eigenvalue weighted by Crippen LogP contribution is -2.41. The fourth-order valence-corrected chi connectivity index (χ4v) is 4.03. The summed E-state index contributed by atoms with van der Waals surface area (Å²) < 4.78 is 0. The summed E-state index contributed by atoms with van der Waals surface area (Å²) in [6, 6.07) is 0.443. The number of carbonyl (C=O) groups excluding carboxylic acids is 1. The van der Waals surface area contributed by atoms with Gasteiger partial charge in [0.2, 0.25) is 5.91 Å². The molecule has 1 amide bonds. The molecular weight excluding hydrogens is 222 g/mol. The van der Waals surface area contributed by atoms with Crippen molar-refractivity contribution in [1.29, 1.82) is 0 Å². The number of hydrogen-bond donors (Lipinski definition) is 1. The Balaban J connectivity index is 2.03. The number of amides is 1. The van der Waals surface area contributed by atoms with Crippen molar-refractivity contribution in [2.75, 3.05) is 0 Å². The third kappa shape index (κ3) is 2.73. The Labute approximate surface area is 112 Å². The van der Waals surface area contributed by atoms with E-state index in [4.69, 9.17) is 0 Å². The van der Waals surface area contributed by atoms with E-state index in [0.717, 1.165) is 24.7 Å². The molecule has 1 aliphatic heterocycles. The van der Waals surface area contributed by atoms with E-state index in [-0.39, 0.29) is 0 Å². The van der Waals surface area contributed by atoms with Crippen molar-refractivity contribution in [1.82, 2.24) is 5.32 Å². The highest BCUT2D eigenvalue weighted by Crippen LogP contribution is 2.49. The summed E-state index contributed by atoms with van der Waals surface area (Å²) in [6.07, 6.45) is 7.09. The number of rotatable bonds is 3. The molecule has 1 saturated carbocycles. The van der Waals surface area contributed by atoms with Gasteiger partial charge in [0.25, 0.3) is 0 Å². The molecule has 2 aliphatic rings. The molecule has 0 aromatic carbocycles. The Kier molecular flexibility index (Phi) is 4.03.